The first kappa shape index (κ1) is 32.2. The highest BCUT2D eigenvalue weighted by Crippen LogP contribution is 2.44. The smallest absolute Gasteiger partial charge is 0.406 e. The number of allylic oxidation sites excluding steroid dienone is 4. The number of benzene rings is 2. The molecular formula is C31H38F3N4O4S+. The van der Waals surface area contributed by atoms with E-state index in [9.17, 15) is 26.1 Å². The van der Waals surface area contributed by atoms with Crippen LogP contribution >= 0.6 is 0 Å². The second-order valence-electron chi connectivity index (χ2n) is 10.3. The van der Waals surface area contributed by atoms with E-state index in [1.807, 2.05) is 74.8 Å². The van der Waals surface area contributed by atoms with Gasteiger partial charge in [-0.15, -0.1) is 13.2 Å². The standard InChI is InChI=1S/C31H37F3N4O4S/c1-6-35-26-15-13-24(42-31(32,33)34)21-28(26)37(8-3)29(35)16-11-22(4)12-17-30-36(7-2)25-14-10-23(5)20-27(25)38(30)18-9-19-43(39,40)41/h10-17,20-21H,6-9,18-19H2,1-5H3/p+1. The van der Waals surface area contributed by atoms with Gasteiger partial charge in [-0.05, 0) is 70.5 Å². The van der Waals surface area contributed by atoms with Gasteiger partial charge in [0.05, 0.1) is 30.2 Å². The van der Waals surface area contributed by atoms with Crippen LogP contribution in [0.3, 0.4) is 0 Å². The van der Waals surface area contributed by atoms with Crippen molar-refractivity contribution in [1.29, 1.82) is 0 Å². The molecule has 0 atom stereocenters. The summed E-state index contributed by atoms with van der Waals surface area (Å²) < 4.78 is 78.9. The van der Waals surface area contributed by atoms with Gasteiger partial charge in [0.2, 0.25) is 0 Å². The topological polar surface area (TPSA) is 78.9 Å². The molecule has 0 saturated heterocycles. The van der Waals surface area contributed by atoms with Crippen molar-refractivity contribution >= 4 is 38.6 Å². The second kappa shape index (κ2) is 12.8. The maximum Gasteiger partial charge on any atom is 0.573 e. The number of alkyl halides is 3. The number of hydrogen-bond acceptors (Lipinski definition) is 5. The minimum atomic E-state index is -4.77. The highest BCUT2D eigenvalue weighted by atomic mass is 32.2. The number of halogens is 3. The molecule has 232 valence electrons. The monoisotopic (exact) mass is 619 g/mol. The molecule has 4 rings (SSSR count). The molecular weight excluding hydrogens is 581 g/mol. The molecule has 0 aliphatic carbocycles. The van der Waals surface area contributed by atoms with Crippen LogP contribution < -0.4 is 19.1 Å². The van der Waals surface area contributed by atoms with Crippen molar-refractivity contribution in [2.75, 3.05) is 28.6 Å². The van der Waals surface area contributed by atoms with Crippen molar-refractivity contribution in [3.8, 4) is 5.75 Å². The van der Waals surface area contributed by atoms with Crippen LogP contribution in [0.5, 0.6) is 5.75 Å². The van der Waals surface area contributed by atoms with Gasteiger partial charge in [-0.2, -0.15) is 8.42 Å². The minimum Gasteiger partial charge on any atom is -0.406 e. The third kappa shape index (κ3) is 7.42. The molecule has 1 aromatic heterocycles. The molecule has 12 heteroatoms. The Hall–Kier alpha value is -3.77. The van der Waals surface area contributed by atoms with E-state index in [1.54, 1.807) is 6.07 Å². The molecule has 1 N–H and O–H groups in total. The summed E-state index contributed by atoms with van der Waals surface area (Å²) in [6.07, 6.45) is 3.38. The highest BCUT2D eigenvalue weighted by Gasteiger charge is 2.34. The summed E-state index contributed by atoms with van der Waals surface area (Å²) in [7, 11) is -4.07. The highest BCUT2D eigenvalue weighted by molar-refractivity contribution is 7.85. The Morgan fingerprint density at radius 1 is 1.05 bits per heavy atom. The van der Waals surface area contributed by atoms with E-state index in [0.29, 0.717) is 31.9 Å². The zero-order valence-corrected chi connectivity index (χ0v) is 25.8. The summed E-state index contributed by atoms with van der Waals surface area (Å²) in [6, 6.07) is 10.6. The molecule has 0 amide bonds. The maximum absolute atomic E-state index is 12.8. The Morgan fingerprint density at radius 3 is 2.37 bits per heavy atom. The zero-order valence-electron chi connectivity index (χ0n) is 25.0. The molecule has 2 heterocycles. The first-order valence-electron chi connectivity index (χ1n) is 14.3. The summed E-state index contributed by atoms with van der Waals surface area (Å²) in [5.74, 6) is 1.15. The van der Waals surface area contributed by atoms with Gasteiger partial charge in [-0.25, -0.2) is 9.13 Å². The summed E-state index contributed by atoms with van der Waals surface area (Å²) in [6.45, 7) is 12.2. The van der Waals surface area contributed by atoms with Crippen molar-refractivity contribution in [3.63, 3.8) is 0 Å². The Kier molecular flexibility index (Phi) is 9.60. The molecule has 0 bridgehead atoms. The number of aromatic nitrogens is 2. The minimum absolute atomic E-state index is 0.261. The fraction of sp³-hybridized carbons (Fsp3) is 0.387. The van der Waals surface area contributed by atoms with Gasteiger partial charge in [0, 0.05) is 31.7 Å². The van der Waals surface area contributed by atoms with Crippen LogP contribution in [-0.2, 0) is 23.2 Å². The van der Waals surface area contributed by atoms with Gasteiger partial charge in [-0.1, -0.05) is 23.8 Å². The van der Waals surface area contributed by atoms with E-state index < -0.39 is 16.5 Å². The van der Waals surface area contributed by atoms with E-state index in [-0.39, 0.29) is 17.9 Å². The van der Waals surface area contributed by atoms with E-state index in [4.69, 9.17) is 0 Å². The van der Waals surface area contributed by atoms with Crippen molar-refractivity contribution in [2.45, 2.75) is 60.5 Å². The van der Waals surface area contributed by atoms with Crippen LogP contribution in [0.25, 0.3) is 17.1 Å². The van der Waals surface area contributed by atoms with Crippen LogP contribution in [0.4, 0.5) is 24.5 Å². The fourth-order valence-electron chi connectivity index (χ4n) is 5.47. The van der Waals surface area contributed by atoms with Crippen LogP contribution in [0.2, 0.25) is 0 Å². The number of nitrogens with zero attached hydrogens (tertiary/aromatic N) is 4. The Balaban J connectivity index is 1.68. The lowest BCUT2D eigenvalue weighted by molar-refractivity contribution is -0.670. The Morgan fingerprint density at radius 2 is 1.74 bits per heavy atom. The largest absolute Gasteiger partial charge is 0.573 e. The van der Waals surface area contributed by atoms with Crippen molar-refractivity contribution in [1.82, 2.24) is 4.57 Å². The molecule has 0 fully saturated rings. The van der Waals surface area contributed by atoms with Crippen molar-refractivity contribution in [2.24, 2.45) is 0 Å². The van der Waals surface area contributed by atoms with Crippen LogP contribution in [0.1, 0.15) is 45.5 Å². The third-order valence-electron chi connectivity index (χ3n) is 7.30. The van der Waals surface area contributed by atoms with E-state index in [0.717, 1.165) is 39.5 Å². The van der Waals surface area contributed by atoms with Gasteiger partial charge >= 0.3 is 6.36 Å². The zero-order chi connectivity index (χ0) is 31.5. The first-order chi connectivity index (χ1) is 20.3. The lowest BCUT2D eigenvalue weighted by atomic mass is 10.2. The Bertz CT molecular complexity index is 1690. The average molecular weight is 620 g/mol. The molecule has 1 aliphatic heterocycles. The van der Waals surface area contributed by atoms with Crippen LogP contribution in [0, 0.1) is 6.92 Å². The second-order valence-corrected chi connectivity index (χ2v) is 11.9. The summed E-state index contributed by atoms with van der Waals surface area (Å²) in [4.78, 5) is 4.00. The summed E-state index contributed by atoms with van der Waals surface area (Å²) in [5.41, 5.74) is 5.48. The van der Waals surface area contributed by atoms with Gasteiger partial charge in [0.25, 0.3) is 15.9 Å². The SMILES string of the molecule is CCN1\C(=C/C=C(C)\C=C\c2n(CCCS(=O)(=O)O)c3cc(C)ccc3[n+]2CC)N(CC)c2cc(OC(F)(F)F)ccc21. The first-order valence-corrected chi connectivity index (χ1v) is 15.9. The van der Waals surface area contributed by atoms with Gasteiger partial charge in [-0.3, -0.25) is 4.55 Å². The van der Waals surface area contributed by atoms with Crippen LogP contribution in [0.15, 0.2) is 66.0 Å². The quantitative estimate of drug-likeness (QED) is 0.148. The van der Waals surface area contributed by atoms with E-state index in [1.165, 1.54) is 12.1 Å². The molecule has 8 nitrogen and oxygen atoms in total. The lowest BCUT2D eigenvalue weighted by Crippen LogP contribution is -2.35. The van der Waals surface area contributed by atoms with E-state index in [2.05, 4.69) is 26.0 Å². The van der Waals surface area contributed by atoms with E-state index >= 15 is 0 Å². The predicted octanol–water partition coefficient (Wildman–Crippen LogP) is 6.60. The molecule has 43 heavy (non-hydrogen) atoms. The normalized spacial score (nSPS) is 15.4. The molecule has 0 spiro atoms. The van der Waals surface area contributed by atoms with Gasteiger partial charge in [0.1, 0.15) is 11.6 Å². The molecule has 3 aromatic rings. The maximum atomic E-state index is 12.8. The number of rotatable bonds is 11. The fourth-order valence-corrected chi connectivity index (χ4v) is 5.97. The van der Waals surface area contributed by atoms with Crippen molar-refractivity contribution < 1.29 is 35.4 Å². The number of ether oxygens (including phenoxy) is 1. The average Bonchev–Trinajstić information content (AvgIpc) is 3.38. The summed E-state index contributed by atoms with van der Waals surface area (Å²) in [5, 5.41) is 0. The molecule has 0 unspecified atom stereocenters. The number of anilines is 2. The predicted molar refractivity (Wildman–Crippen MR) is 164 cm³/mol. The van der Waals surface area contributed by atoms with Gasteiger partial charge in [0.15, 0.2) is 11.0 Å². The van der Waals surface area contributed by atoms with Crippen molar-refractivity contribution in [3.05, 3.63) is 77.4 Å². The number of imidazole rings is 1. The number of hydrogen-bond donors (Lipinski definition) is 1. The number of fused-ring (bicyclic) bond motifs is 2. The molecule has 0 radical (unpaired) electrons. The van der Waals surface area contributed by atoms with Gasteiger partial charge < -0.3 is 14.5 Å². The third-order valence-corrected chi connectivity index (χ3v) is 8.11. The lowest BCUT2D eigenvalue weighted by Gasteiger charge is -2.23. The molecule has 2 aromatic carbocycles. The number of aryl methyl sites for hydroxylation is 3. The van der Waals surface area contributed by atoms with Crippen LogP contribution in [-0.4, -0.2) is 42.7 Å². The molecule has 1 aliphatic rings. The molecule has 0 saturated carbocycles. The Labute approximate surface area is 250 Å². The summed E-state index contributed by atoms with van der Waals surface area (Å²) >= 11 is 0.